The van der Waals surface area contributed by atoms with Crippen LogP contribution in [-0.4, -0.2) is 17.8 Å². The highest BCUT2D eigenvalue weighted by molar-refractivity contribution is 5.38. The van der Waals surface area contributed by atoms with Crippen LogP contribution < -0.4 is 5.32 Å². The van der Waals surface area contributed by atoms with Gasteiger partial charge in [0.25, 0.3) is 0 Å². The third-order valence-electron chi connectivity index (χ3n) is 3.32. The quantitative estimate of drug-likeness (QED) is 0.677. The molecule has 0 aliphatic carbocycles. The molecule has 0 radical (unpaired) electrons. The first-order valence-corrected chi connectivity index (χ1v) is 5.51. The Morgan fingerprint density at radius 1 is 1.40 bits per heavy atom. The van der Waals surface area contributed by atoms with Gasteiger partial charge in [0.05, 0.1) is 18.8 Å². The van der Waals surface area contributed by atoms with Crippen molar-refractivity contribution in [3.63, 3.8) is 0 Å². The number of benzene rings is 1. The van der Waals surface area contributed by atoms with Crippen molar-refractivity contribution in [2.75, 3.05) is 6.54 Å². The largest absolute Gasteiger partial charge is 0.508 e. The average molecular weight is 205 g/mol. The summed E-state index contributed by atoms with van der Waals surface area (Å²) < 4.78 is 5.79. The number of aromatic hydroxyl groups is 1. The number of hydrogen-bond donors (Lipinski definition) is 2. The van der Waals surface area contributed by atoms with Gasteiger partial charge in [0, 0.05) is 0 Å². The van der Waals surface area contributed by atoms with Gasteiger partial charge in [-0.25, -0.2) is 0 Å². The second kappa shape index (κ2) is 3.51. The fraction of sp³-hybridized carbons (Fsp3) is 0.500. The van der Waals surface area contributed by atoms with Crippen LogP contribution in [0.25, 0.3) is 0 Å². The van der Waals surface area contributed by atoms with E-state index in [4.69, 9.17) is 4.74 Å². The standard InChI is InChI=1S/C12H15NO2/c14-9-3-4-10-8(6-9)7-15-11-2-1-5-13-12(10)11/h3-4,6,11-14H,1-2,5,7H2/t11-,12-/m0/s1. The molecule has 0 aromatic heterocycles. The van der Waals surface area contributed by atoms with E-state index in [1.165, 1.54) is 12.0 Å². The van der Waals surface area contributed by atoms with E-state index in [2.05, 4.69) is 5.32 Å². The molecule has 2 heterocycles. The van der Waals surface area contributed by atoms with E-state index in [1.807, 2.05) is 12.1 Å². The molecule has 2 aliphatic rings. The van der Waals surface area contributed by atoms with Crippen LogP contribution in [0.5, 0.6) is 5.75 Å². The lowest BCUT2D eigenvalue weighted by Crippen LogP contribution is -2.42. The summed E-state index contributed by atoms with van der Waals surface area (Å²) in [6.45, 7) is 1.69. The number of piperidine rings is 1. The van der Waals surface area contributed by atoms with Crippen molar-refractivity contribution < 1.29 is 9.84 Å². The highest BCUT2D eigenvalue weighted by Gasteiger charge is 2.32. The summed E-state index contributed by atoms with van der Waals surface area (Å²) in [5, 5.41) is 12.9. The molecule has 0 unspecified atom stereocenters. The molecule has 3 nitrogen and oxygen atoms in total. The van der Waals surface area contributed by atoms with Crippen molar-refractivity contribution in [2.24, 2.45) is 0 Å². The highest BCUT2D eigenvalue weighted by Crippen LogP contribution is 2.35. The van der Waals surface area contributed by atoms with Crippen LogP contribution >= 0.6 is 0 Å². The Kier molecular flexibility index (Phi) is 2.15. The molecule has 1 aromatic rings. The molecule has 3 rings (SSSR count). The summed E-state index contributed by atoms with van der Waals surface area (Å²) >= 11 is 0. The van der Waals surface area contributed by atoms with E-state index in [0.717, 1.165) is 18.5 Å². The fourth-order valence-corrected chi connectivity index (χ4v) is 2.57. The molecular formula is C12H15NO2. The van der Waals surface area contributed by atoms with Gasteiger partial charge in [-0.3, -0.25) is 0 Å². The maximum Gasteiger partial charge on any atom is 0.115 e. The molecule has 0 bridgehead atoms. The molecule has 1 fully saturated rings. The highest BCUT2D eigenvalue weighted by atomic mass is 16.5. The monoisotopic (exact) mass is 205 g/mol. The zero-order valence-electron chi connectivity index (χ0n) is 8.57. The lowest BCUT2D eigenvalue weighted by Gasteiger charge is -2.37. The first-order valence-electron chi connectivity index (χ1n) is 5.51. The summed E-state index contributed by atoms with van der Waals surface area (Å²) in [5.41, 5.74) is 2.41. The zero-order valence-corrected chi connectivity index (χ0v) is 8.57. The van der Waals surface area contributed by atoms with Crippen LogP contribution in [0.4, 0.5) is 0 Å². The van der Waals surface area contributed by atoms with E-state index >= 15 is 0 Å². The van der Waals surface area contributed by atoms with Crippen LogP contribution in [0.2, 0.25) is 0 Å². The van der Waals surface area contributed by atoms with E-state index in [0.29, 0.717) is 24.5 Å². The van der Waals surface area contributed by atoms with Crippen molar-refractivity contribution in [1.29, 1.82) is 0 Å². The molecule has 80 valence electrons. The summed E-state index contributed by atoms with van der Waals surface area (Å²) in [7, 11) is 0. The number of phenols is 1. The van der Waals surface area contributed by atoms with Gasteiger partial charge in [0.1, 0.15) is 5.75 Å². The zero-order chi connectivity index (χ0) is 10.3. The summed E-state index contributed by atoms with van der Waals surface area (Å²) in [6.07, 6.45) is 2.64. The first-order chi connectivity index (χ1) is 7.34. The Labute approximate surface area is 89.1 Å². The summed E-state index contributed by atoms with van der Waals surface area (Å²) in [4.78, 5) is 0. The Balaban J connectivity index is 1.99. The molecule has 0 amide bonds. The topological polar surface area (TPSA) is 41.5 Å². The van der Waals surface area contributed by atoms with Gasteiger partial charge in [-0.05, 0) is 42.6 Å². The van der Waals surface area contributed by atoms with E-state index in [9.17, 15) is 5.11 Å². The minimum atomic E-state index is 0.316. The molecule has 2 N–H and O–H groups in total. The van der Waals surface area contributed by atoms with Crippen LogP contribution in [-0.2, 0) is 11.3 Å². The predicted octanol–water partition coefficient (Wildman–Crippen LogP) is 1.72. The molecular weight excluding hydrogens is 190 g/mol. The molecule has 1 aromatic carbocycles. The Bertz CT molecular complexity index is 378. The van der Waals surface area contributed by atoms with Gasteiger partial charge in [-0.2, -0.15) is 0 Å². The SMILES string of the molecule is Oc1ccc2c(c1)CO[C@H]1CCCN[C@@H]21. The lowest BCUT2D eigenvalue weighted by molar-refractivity contribution is -0.0178. The maximum absolute atomic E-state index is 9.41. The van der Waals surface area contributed by atoms with Gasteiger partial charge < -0.3 is 15.2 Å². The smallest absolute Gasteiger partial charge is 0.115 e. The summed E-state index contributed by atoms with van der Waals surface area (Å²) in [6, 6.07) is 5.91. The van der Waals surface area contributed by atoms with Crippen molar-refractivity contribution in [3.8, 4) is 5.75 Å². The van der Waals surface area contributed by atoms with Gasteiger partial charge in [0.2, 0.25) is 0 Å². The van der Waals surface area contributed by atoms with Crippen LogP contribution in [0.1, 0.15) is 30.0 Å². The molecule has 1 saturated heterocycles. The van der Waals surface area contributed by atoms with E-state index in [-0.39, 0.29) is 0 Å². The van der Waals surface area contributed by atoms with Gasteiger partial charge in [-0.15, -0.1) is 0 Å². The van der Waals surface area contributed by atoms with Gasteiger partial charge in [0.15, 0.2) is 0 Å². The van der Waals surface area contributed by atoms with Crippen LogP contribution in [0.15, 0.2) is 18.2 Å². The van der Waals surface area contributed by atoms with Crippen molar-refractivity contribution in [2.45, 2.75) is 31.6 Å². The number of phenolic OH excluding ortho intramolecular Hbond substituents is 1. The van der Waals surface area contributed by atoms with Crippen LogP contribution in [0.3, 0.4) is 0 Å². The Morgan fingerprint density at radius 3 is 3.27 bits per heavy atom. The summed E-state index contributed by atoms with van der Waals surface area (Å²) in [5.74, 6) is 0.326. The third kappa shape index (κ3) is 1.52. The van der Waals surface area contributed by atoms with Gasteiger partial charge in [-0.1, -0.05) is 6.07 Å². The number of ether oxygens (including phenoxy) is 1. The van der Waals surface area contributed by atoms with Crippen molar-refractivity contribution >= 4 is 0 Å². The molecule has 15 heavy (non-hydrogen) atoms. The molecule has 2 atom stereocenters. The lowest BCUT2D eigenvalue weighted by atomic mass is 9.89. The third-order valence-corrected chi connectivity index (χ3v) is 3.32. The normalized spacial score (nSPS) is 29.3. The number of hydrogen-bond acceptors (Lipinski definition) is 3. The molecule has 3 heteroatoms. The van der Waals surface area contributed by atoms with E-state index < -0.39 is 0 Å². The van der Waals surface area contributed by atoms with Crippen molar-refractivity contribution in [1.82, 2.24) is 5.32 Å². The first kappa shape index (κ1) is 9.19. The minimum Gasteiger partial charge on any atom is -0.508 e. The van der Waals surface area contributed by atoms with Crippen LogP contribution in [0, 0.1) is 0 Å². The predicted molar refractivity (Wildman–Crippen MR) is 56.7 cm³/mol. The Hall–Kier alpha value is -1.06. The molecule has 2 aliphatic heterocycles. The maximum atomic E-state index is 9.41. The Morgan fingerprint density at radius 2 is 2.33 bits per heavy atom. The molecule has 0 saturated carbocycles. The number of rotatable bonds is 0. The fourth-order valence-electron chi connectivity index (χ4n) is 2.57. The number of fused-ring (bicyclic) bond motifs is 3. The molecule has 0 spiro atoms. The van der Waals surface area contributed by atoms with Gasteiger partial charge >= 0.3 is 0 Å². The minimum absolute atomic E-state index is 0.316. The second-order valence-electron chi connectivity index (χ2n) is 4.31. The second-order valence-corrected chi connectivity index (χ2v) is 4.31. The number of nitrogens with one attached hydrogen (secondary N) is 1. The van der Waals surface area contributed by atoms with Crippen molar-refractivity contribution in [3.05, 3.63) is 29.3 Å². The average Bonchev–Trinajstić information content (AvgIpc) is 2.28. The van der Waals surface area contributed by atoms with E-state index in [1.54, 1.807) is 6.07 Å².